The maximum atomic E-state index is 13.2. The van der Waals surface area contributed by atoms with E-state index in [-0.39, 0.29) is 11.7 Å². The number of carbonyl (C=O) groups excluding carboxylic acids is 1. The number of amides is 1. The maximum absolute atomic E-state index is 13.2. The molecule has 1 heterocycles. The molecule has 0 radical (unpaired) electrons. The Kier molecular flexibility index (Phi) is 4.95. The molecule has 5 heteroatoms. The average Bonchev–Trinajstić information content (AvgIpc) is 3.02. The van der Waals surface area contributed by atoms with Gasteiger partial charge in [-0.2, -0.15) is 0 Å². The fraction of sp³-hybridized carbons (Fsp3) is 0. The van der Waals surface area contributed by atoms with E-state index in [1.807, 2.05) is 36.4 Å². The number of carbonyl (C=O) groups is 1. The number of hydrogen-bond donors (Lipinski definition) is 1. The van der Waals surface area contributed by atoms with Crippen molar-refractivity contribution in [1.82, 2.24) is 0 Å². The molecule has 0 saturated carbocycles. The highest BCUT2D eigenvalue weighted by atomic mass is 35.5. The summed E-state index contributed by atoms with van der Waals surface area (Å²) in [5.41, 5.74) is 3.56. The fourth-order valence-electron chi connectivity index (χ4n) is 3.08. The summed E-state index contributed by atoms with van der Waals surface area (Å²) >= 11 is 12.2. The smallest absolute Gasteiger partial charge is 0.262 e. The van der Waals surface area contributed by atoms with Crippen molar-refractivity contribution in [1.29, 1.82) is 0 Å². The van der Waals surface area contributed by atoms with Gasteiger partial charge >= 0.3 is 0 Å². The number of benzene rings is 3. The Bertz CT molecular complexity index is 1100. The summed E-state index contributed by atoms with van der Waals surface area (Å²) in [5, 5.41) is 10.6. The van der Waals surface area contributed by atoms with Gasteiger partial charge < -0.3 is 5.11 Å². The molecule has 0 atom stereocenters. The van der Waals surface area contributed by atoms with E-state index in [0.717, 1.165) is 11.3 Å². The lowest BCUT2D eigenvalue weighted by Gasteiger charge is -2.20. The molecule has 138 valence electrons. The third-order valence-corrected chi connectivity index (χ3v) is 5.00. The van der Waals surface area contributed by atoms with Crippen LogP contribution in [0.1, 0.15) is 11.1 Å². The van der Waals surface area contributed by atoms with Crippen LogP contribution in [0.15, 0.2) is 84.4 Å². The highest BCUT2D eigenvalue weighted by molar-refractivity contribution is 6.35. The monoisotopic (exact) mass is 407 g/mol. The molecule has 1 aliphatic rings. The lowest BCUT2D eigenvalue weighted by molar-refractivity contribution is -0.113. The number of rotatable bonds is 3. The molecule has 3 aromatic rings. The third kappa shape index (κ3) is 3.55. The molecule has 3 aromatic carbocycles. The second-order valence-corrected chi connectivity index (χ2v) is 7.16. The molecule has 1 aliphatic heterocycles. The predicted octanol–water partition coefficient (Wildman–Crippen LogP) is 6.17. The Morgan fingerprint density at radius 2 is 1.61 bits per heavy atom. The average molecular weight is 408 g/mol. The van der Waals surface area contributed by atoms with Crippen LogP contribution >= 0.6 is 23.2 Å². The van der Waals surface area contributed by atoms with E-state index in [1.165, 1.54) is 0 Å². The Morgan fingerprint density at radius 1 is 0.893 bits per heavy atom. The first-order valence-electron chi connectivity index (χ1n) is 8.60. The molecule has 1 N–H and O–H groups in total. The van der Waals surface area contributed by atoms with Gasteiger partial charge in [0, 0.05) is 21.3 Å². The van der Waals surface area contributed by atoms with Crippen molar-refractivity contribution in [3.05, 3.63) is 106 Å². The van der Waals surface area contributed by atoms with Crippen LogP contribution in [0, 0.1) is 0 Å². The van der Waals surface area contributed by atoms with Gasteiger partial charge in [0.1, 0.15) is 5.75 Å². The maximum Gasteiger partial charge on any atom is 0.262 e. The second kappa shape index (κ2) is 7.55. The van der Waals surface area contributed by atoms with Gasteiger partial charge in [-0.1, -0.05) is 59.6 Å². The molecule has 0 aromatic heterocycles. The van der Waals surface area contributed by atoms with Gasteiger partial charge in [-0.15, -0.1) is 0 Å². The molecule has 0 spiro atoms. The largest absolute Gasteiger partial charge is 0.508 e. The molecule has 0 unspecified atom stereocenters. The minimum atomic E-state index is -0.171. The summed E-state index contributed by atoms with van der Waals surface area (Å²) in [6, 6.07) is 21.4. The summed E-state index contributed by atoms with van der Waals surface area (Å²) in [4.78, 5) is 14.9. The number of aromatic hydroxyl groups is 1. The van der Waals surface area contributed by atoms with E-state index in [9.17, 15) is 9.90 Å². The summed E-state index contributed by atoms with van der Waals surface area (Å²) in [7, 11) is 0. The van der Waals surface area contributed by atoms with Crippen molar-refractivity contribution in [3.8, 4) is 5.75 Å². The zero-order chi connectivity index (χ0) is 19.7. The Morgan fingerprint density at radius 3 is 2.29 bits per heavy atom. The van der Waals surface area contributed by atoms with Crippen LogP contribution < -0.4 is 4.90 Å². The normalized spacial score (nSPS) is 15.2. The minimum Gasteiger partial charge on any atom is -0.508 e. The number of hydrogen-bond acceptors (Lipinski definition) is 2. The van der Waals surface area contributed by atoms with Gasteiger partial charge in [0.05, 0.1) is 5.70 Å². The van der Waals surface area contributed by atoms with Crippen molar-refractivity contribution >= 4 is 46.6 Å². The number of nitrogens with zero attached hydrogens (tertiary/aromatic N) is 1. The van der Waals surface area contributed by atoms with Crippen LogP contribution in [0.3, 0.4) is 0 Å². The predicted molar refractivity (Wildman–Crippen MR) is 114 cm³/mol. The second-order valence-electron chi connectivity index (χ2n) is 6.32. The number of anilines is 1. The Labute approximate surface area is 172 Å². The van der Waals surface area contributed by atoms with Crippen LogP contribution in [-0.2, 0) is 4.79 Å². The lowest BCUT2D eigenvalue weighted by Crippen LogP contribution is -2.24. The van der Waals surface area contributed by atoms with Crippen LogP contribution in [0.2, 0.25) is 10.0 Å². The van der Waals surface area contributed by atoms with E-state index >= 15 is 0 Å². The first kappa shape index (κ1) is 18.4. The van der Waals surface area contributed by atoms with E-state index in [2.05, 4.69) is 0 Å². The van der Waals surface area contributed by atoms with Crippen LogP contribution in [-0.4, -0.2) is 11.0 Å². The SMILES string of the molecule is O=C1/C(=C/c2ccc(Cl)cc2Cl)C=C(c2ccccc2)N1c1ccc(O)cc1. The summed E-state index contributed by atoms with van der Waals surface area (Å²) in [6.45, 7) is 0. The van der Waals surface area contributed by atoms with Gasteiger partial charge in [-0.25, -0.2) is 0 Å². The summed E-state index contributed by atoms with van der Waals surface area (Å²) in [5.74, 6) is -0.0279. The van der Waals surface area contributed by atoms with Crippen LogP contribution in [0.5, 0.6) is 5.75 Å². The Balaban J connectivity index is 1.83. The molecular weight excluding hydrogens is 393 g/mol. The van der Waals surface area contributed by atoms with E-state index < -0.39 is 0 Å². The lowest BCUT2D eigenvalue weighted by atomic mass is 10.1. The van der Waals surface area contributed by atoms with Crippen molar-refractivity contribution in [3.63, 3.8) is 0 Å². The zero-order valence-corrected chi connectivity index (χ0v) is 16.2. The molecule has 4 rings (SSSR count). The molecular formula is C23H15Cl2NO2. The van der Waals surface area contributed by atoms with E-state index in [0.29, 0.717) is 26.9 Å². The third-order valence-electron chi connectivity index (χ3n) is 4.43. The molecule has 0 aliphatic carbocycles. The summed E-state index contributed by atoms with van der Waals surface area (Å²) < 4.78 is 0. The van der Waals surface area contributed by atoms with Gasteiger partial charge in [-0.05, 0) is 59.7 Å². The molecule has 1 amide bonds. The van der Waals surface area contributed by atoms with Gasteiger partial charge in [0.15, 0.2) is 0 Å². The summed E-state index contributed by atoms with van der Waals surface area (Å²) in [6.07, 6.45) is 3.60. The van der Waals surface area contributed by atoms with Crippen LogP contribution in [0.25, 0.3) is 11.8 Å². The molecule has 3 nitrogen and oxygen atoms in total. The topological polar surface area (TPSA) is 40.5 Å². The molecule has 0 saturated heterocycles. The van der Waals surface area contributed by atoms with Crippen molar-refractivity contribution in [2.24, 2.45) is 0 Å². The first-order valence-corrected chi connectivity index (χ1v) is 9.36. The van der Waals surface area contributed by atoms with Gasteiger partial charge in [0.25, 0.3) is 5.91 Å². The van der Waals surface area contributed by atoms with Crippen molar-refractivity contribution in [2.45, 2.75) is 0 Å². The first-order chi connectivity index (χ1) is 13.5. The molecule has 28 heavy (non-hydrogen) atoms. The zero-order valence-electron chi connectivity index (χ0n) is 14.6. The van der Waals surface area contributed by atoms with Crippen molar-refractivity contribution < 1.29 is 9.90 Å². The fourth-order valence-corrected chi connectivity index (χ4v) is 3.54. The van der Waals surface area contributed by atoms with Gasteiger partial charge in [0.2, 0.25) is 0 Å². The number of phenolic OH excluding ortho intramolecular Hbond substituents is 1. The molecule has 0 bridgehead atoms. The van der Waals surface area contributed by atoms with E-state index in [1.54, 1.807) is 53.4 Å². The molecule has 0 fully saturated rings. The standard InChI is InChI=1S/C23H15Cl2NO2/c24-18-7-6-16(21(25)14-18)12-17-13-22(15-4-2-1-3-5-15)26(23(17)28)19-8-10-20(27)11-9-19/h1-14,27H/b17-12+. The number of phenols is 1. The highest BCUT2D eigenvalue weighted by Gasteiger charge is 2.30. The highest BCUT2D eigenvalue weighted by Crippen LogP contribution is 2.36. The van der Waals surface area contributed by atoms with Gasteiger partial charge in [-0.3, -0.25) is 9.69 Å². The van der Waals surface area contributed by atoms with Crippen molar-refractivity contribution in [2.75, 3.05) is 4.90 Å². The quantitative estimate of drug-likeness (QED) is 0.527. The minimum absolute atomic E-state index is 0.143. The van der Waals surface area contributed by atoms with E-state index in [4.69, 9.17) is 23.2 Å². The van der Waals surface area contributed by atoms with Crippen LogP contribution in [0.4, 0.5) is 5.69 Å². The number of halogens is 2. The Hall–Kier alpha value is -3.01.